The maximum atomic E-state index is 12.7. The van der Waals surface area contributed by atoms with Gasteiger partial charge in [0.1, 0.15) is 5.75 Å². The van der Waals surface area contributed by atoms with E-state index in [4.69, 9.17) is 4.74 Å². The smallest absolute Gasteiger partial charge is 0.257 e. The highest BCUT2D eigenvalue weighted by Gasteiger charge is 2.22. The van der Waals surface area contributed by atoms with Gasteiger partial charge in [0.05, 0.1) is 12.2 Å². The summed E-state index contributed by atoms with van der Waals surface area (Å²) in [5.41, 5.74) is 2.85. The van der Waals surface area contributed by atoms with E-state index in [1.807, 2.05) is 24.8 Å². The van der Waals surface area contributed by atoms with Crippen molar-refractivity contribution in [1.29, 1.82) is 0 Å². The summed E-state index contributed by atoms with van der Waals surface area (Å²) in [5, 5.41) is 3.27. The highest BCUT2D eigenvalue weighted by Crippen LogP contribution is 2.27. The summed E-state index contributed by atoms with van der Waals surface area (Å²) < 4.78 is 5.82. The van der Waals surface area contributed by atoms with Gasteiger partial charge >= 0.3 is 0 Å². The van der Waals surface area contributed by atoms with Gasteiger partial charge in [-0.3, -0.25) is 4.79 Å². The molecule has 0 atom stereocenters. The summed E-state index contributed by atoms with van der Waals surface area (Å²) in [6, 6.07) is 4.02. The van der Waals surface area contributed by atoms with Gasteiger partial charge in [0.25, 0.3) is 5.91 Å². The molecule has 4 nitrogen and oxygen atoms in total. The summed E-state index contributed by atoms with van der Waals surface area (Å²) in [4.78, 5) is 14.6. The summed E-state index contributed by atoms with van der Waals surface area (Å²) in [7, 11) is 0. The lowest BCUT2D eigenvalue weighted by Gasteiger charge is -2.28. The van der Waals surface area contributed by atoms with Crippen LogP contribution in [0.1, 0.15) is 34.8 Å². The fourth-order valence-electron chi connectivity index (χ4n) is 2.55. The Morgan fingerprint density at radius 3 is 2.65 bits per heavy atom. The van der Waals surface area contributed by atoms with Gasteiger partial charge in [-0.2, -0.15) is 0 Å². The Labute approximate surface area is 121 Å². The first-order valence-corrected chi connectivity index (χ1v) is 7.37. The number of nitrogens with zero attached hydrogens (tertiary/aromatic N) is 1. The van der Waals surface area contributed by atoms with Crippen molar-refractivity contribution in [2.24, 2.45) is 0 Å². The molecule has 1 saturated heterocycles. The number of hydrogen-bond donors (Lipinski definition) is 1. The highest BCUT2D eigenvalue weighted by atomic mass is 16.5. The summed E-state index contributed by atoms with van der Waals surface area (Å²) in [6.45, 7) is 9.99. The predicted molar refractivity (Wildman–Crippen MR) is 80.5 cm³/mol. The largest absolute Gasteiger partial charge is 0.492 e. The minimum absolute atomic E-state index is 0.0874. The first kappa shape index (κ1) is 14.9. The average molecular weight is 276 g/mol. The molecule has 1 amide bonds. The SMILES string of the molecule is CCCOc1c(C)cc(C)cc1C(=O)N1CCNCC1. The molecule has 0 saturated carbocycles. The van der Waals surface area contributed by atoms with Crippen LogP contribution in [0.15, 0.2) is 12.1 Å². The molecule has 20 heavy (non-hydrogen) atoms. The van der Waals surface area contributed by atoms with Crippen LogP contribution in [0.25, 0.3) is 0 Å². The topological polar surface area (TPSA) is 41.6 Å². The molecule has 2 rings (SSSR count). The first-order valence-electron chi connectivity index (χ1n) is 7.37. The Bertz CT molecular complexity index is 480. The molecule has 1 heterocycles. The quantitative estimate of drug-likeness (QED) is 0.916. The number of benzene rings is 1. The van der Waals surface area contributed by atoms with Gasteiger partial charge < -0.3 is 15.0 Å². The summed E-state index contributed by atoms with van der Waals surface area (Å²) >= 11 is 0. The van der Waals surface area contributed by atoms with Crippen LogP contribution in [-0.4, -0.2) is 43.6 Å². The maximum Gasteiger partial charge on any atom is 0.257 e. The molecule has 0 aromatic heterocycles. The molecule has 1 aromatic carbocycles. The third-order valence-corrected chi connectivity index (χ3v) is 3.50. The van der Waals surface area contributed by atoms with Crippen LogP contribution in [0, 0.1) is 13.8 Å². The number of piperazine rings is 1. The van der Waals surface area contributed by atoms with Crippen LogP contribution in [0.3, 0.4) is 0 Å². The second kappa shape index (κ2) is 6.75. The average Bonchev–Trinajstić information content (AvgIpc) is 2.46. The van der Waals surface area contributed by atoms with Crippen molar-refractivity contribution in [2.75, 3.05) is 32.8 Å². The lowest BCUT2D eigenvalue weighted by molar-refractivity contribution is 0.0731. The van der Waals surface area contributed by atoms with Gasteiger partial charge in [0.2, 0.25) is 0 Å². The molecule has 1 aliphatic rings. The number of hydrogen-bond acceptors (Lipinski definition) is 3. The molecule has 1 N–H and O–H groups in total. The van der Waals surface area contributed by atoms with E-state index in [0.717, 1.165) is 49.5 Å². The number of carbonyl (C=O) groups excluding carboxylic acids is 1. The zero-order valence-corrected chi connectivity index (χ0v) is 12.7. The van der Waals surface area contributed by atoms with Gasteiger partial charge in [-0.25, -0.2) is 0 Å². The molecule has 4 heteroatoms. The zero-order valence-electron chi connectivity index (χ0n) is 12.7. The van der Waals surface area contributed by atoms with E-state index < -0.39 is 0 Å². The standard InChI is InChI=1S/C16H24N2O2/c1-4-9-20-15-13(3)10-12(2)11-14(15)16(19)18-7-5-17-6-8-18/h10-11,17H,4-9H2,1-3H3. The zero-order chi connectivity index (χ0) is 14.5. The molecule has 0 unspecified atom stereocenters. The van der Waals surface area contributed by atoms with E-state index >= 15 is 0 Å². The van der Waals surface area contributed by atoms with Crippen molar-refractivity contribution in [1.82, 2.24) is 10.2 Å². The molecule has 110 valence electrons. The number of amides is 1. The molecule has 1 aromatic rings. The van der Waals surface area contributed by atoms with E-state index in [0.29, 0.717) is 12.2 Å². The normalized spacial score (nSPS) is 15.2. The Hall–Kier alpha value is -1.55. The first-order chi connectivity index (χ1) is 9.63. The minimum Gasteiger partial charge on any atom is -0.492 e. The van der Waals surface area contributed by atoms with E-state index in [1.54, 1.807) is 0 Å². The van der Waals surface area contributed by atoms with E-state index in [2.05, 4.69) is 18.3 Å². The second-order valence-corrected chi connectivity index (χ2v) is 5.35. The molecule has 0 bridgehead atoms. The number of rotatable bonds is 4. The van der Waals surface area contributed by atoms with Crippen molar-refractivity contribution < 1.29 is 9.53 Å². The van der Waals surface area contributed by atoms with Gasteiger partial charge in [0.15, 0.2) is 0 Å². The van der Waals surface area contributed by atoms with Gasteiger partial charge in [0, 0.05) is 26.2 Å². The van der Waals surface area contributed by atoms with Crippen molar-refractivity contribution in [2.45, 2.75) is 27.2 Å². The third-order valence-electron chi connectivity index (χ3n) is 3.50. The Balaban J connectivity index is 2.30. The number of nitrogens with one attached hydrogen (secondary N) is 1. The van der Waals surface area contributed by atoms with Crippen molar-refractivity contribution in [3.8, 4) is 5.75 Å². The summed E-state index contributed by atoms with van der Waals surface area (Å²) in [5.74, 6) is 0.838. The second-order valence-electron chi connectivity index (χ2n) is 5.35. The molecular formula is C16H24N2O2. The van der Waals surface area contributed by atoms with Crippen LogP contribution in [0.4, 0.5) is 0 Å². The number of carbonyl (C=O) groups is 1. The maximum absolute atomic E-state index is 12.7. The van der Waals surface area contributed by atoms with E-state index in [1.165, 1.54) is 0 Å². The molecule has 0 radical (unpaired) electrons. The molecule has 1 aliphatic heterocycles. The van der Waals surface area contributed by atoms with E-state index in [9.17, 15) is 4.79 Å². The minimum atomic E-state index is 0.0874. The monoisotopic (exact) mass is 276 g/mol. The van der Waals surface area contributed by atoms with Crippen LogP contribution in [0.5, 0.6) is 5.75 Å². The van der Waals surface area contributed by atoms with Gasteiger partial charge in [-0.15, -0.1) is 0 Å². The molecule has 0 aliphatic carbocycles. The summed E-state index contributed by atoms with van der Waals surface area (Å²) in [6.07, 6.45) is 0.939. The van der Waals surface area contributed by atoms with Crippen molar-refractivity contribution in [3.05, 3.63) is 28.8 Å². The number of aryl methyl sites for hydroxylation is 2. The lowest BCUT2D eigenvalue weighted by Crippen LogP contribution is -2.46. The van der Waals surface area contributed by atoms with Crippen molar-refractivity contribution in [3.63, 3.8) is 0 Å². The number of ether oxygens (including phenoxy) is 1. The molecular weight excluding hydrogens is 252 g/mol. The van der Waals surface area contributed by atoms with Crippen LogP contribution >= 0.6 is 0 Å². The third kappa shape index (κ3) is 3.31. The van der Waals surface area contributed by atoms with Crippen LogP contribution < -0.4 is 10.1 Å². The lowest BCUT2D eigenvalue weighted by atomic mass is 10.0. The predicted octanol–water partition coefficient (Wildman–Crippen LogP) is 2.14. The molecule has 0 spiro atoms. The van der Waals surface area contributed by atoms with Crippen LogP contribution in [-0.2, 0) is 0 Å². The Kier molecular flexibility index (Phi) is 5.01. The van der Waals surface area contributed by atoms with Crippen molar-refractivity contribution >= 4 is 5.91 Å². The highest BCUT2D eigenvalue weighted by molar-refractivity contribution is 5.97. The van der Waals surface area contributed by atoms with Gasteiger partial charge in [-0.1, -0.05) is 13.0 Å². The molecule has 1 fully saturated rings. The Morgan fingerprint density at radius 1 is 1.30 bits per heavy atom. The fraction of sp³-hybridized carbons (Fsp3) is 0.562. The van der Waals surface area contributed by atoms with Gasteiger partial charge in [-0.05, 0) is 37.5 Å². The Morgan fingerprint density at radius 2 is 2.00 bits per heavy atom. The fourth-order valence-corrected chi connectivity index (χ4v) is 2.55. The van der Waals surface area contributed by atoms with E-state index in [-0.39, 0.29) is 5.91 Å². The van der Waals surface area contributed by atoms with Crippen LogP contribution in [0.2, 0.25) is 0 Å².